The molecular formula is C15H22N6O3S. The smallest absolute Gasteiger partial charge is 0.264 e. The molecular weight excluding hydrogens is 344 g/mol. The van der Waals surface area contributed by atoms with Crippen LogP contribution < -0.4 is 15.2 Å². The van der Waals surface area contributed by atoms with Crippen LogP contribution in [-0.4, -0.2) is 47.3 Å². The van der Waals surface area contributed by atoms with Gasteiger partial charge >= 0.3 is 0 Å². The van der Waals surface area contributed by atoms with Crippen molar-refractivity contribution in [2.24, 2.45) is 7.05 Å². The van der Waals surface area contributed by atoms with E-state index in [1.807, 2.05) is 4.90 Å². The molecule has 10 heteroatoms. The summed E-state index contributed by atoms with van der Waals surface area (Å²) in [5.74, 6) is 1.29. The number of imidazole rings is 1. The number of hydrogen-bond donors (Lipinski definition) is 2. The Hall–Kier alpha value is -2.20. The third-order valence-corrected chi connectivity index (χ3v) is 5.75. The number of aromatic amines is 1. The second-order valence-electron chi connectivity index (χ2n) is 6.21. The number of rotatable bonds is 5. The number of nitrogens with one attached hydrogen (secondary N) is 2. The third-order valence-electron chi connectivity index (χ3n) is 4.46. The Morgan fingerprint density at radius 3 is 2.80 bits per heavy atom. The number of aromatic nitrogens is 4. The predicted octanol–water partition coefficient (Wildman–Crippen LogP) is 0.149. The van der Waals surface area contributed by atoms with Gasteiger partial charge < -0.3 is 9.47 Å². The van der Waals surface area contributed by atoms with Gasteiger partial charge in [0.25, 0.3) is 15.6 Å². The maximum Gasteiger partial charge on any atom is 0.264 e. The number of aryl methyl sites for hydroxylation is 2. The fourth-order valence-electron chi connectivity index (χ4n) is 2.95. The Morgan fingerprint density at radius 2 is 2.16 bits per heavy atom. The van der Waals surface area contributed by atoms with E-state index >= 15 is 0 Å². The van der Waals surface area contributed by atoms with Crippen molar-refractivity contribution in [3.63, 3.8) is 0 Å². The lowest BCUT2D eigenvalue weighted by molar-refractivity contribution is 0.448. The van der Waals surface area contributed by atoms with Crippen molar-refractivity contribution in [2.75, 3.05) is 18.0 Å². The van der Waals surface area contributed by atoms with Crippen molar-refractivity contribution in [2.45, 2.75) is 37.3 Å². The first kappa shape index (κ1) is 17.6. The lowest BCUT2D eigenvalue weighted by atomic mass is 10.0. The van der Waals surface area contributed by atoms with Crippen LogP contribution in [-0.2, 0) is 17.1 Å². The van der Waals surface area contributed by atoms with Crippen molar-refractivity contribution in [3.05, 3.63) is 34.5 Å². The van der Waals surface area contributed by atoms with E-state index in [1.54, 1.807) is 24.6 Å². The first-order valence-corrected chi connectivity index (χ1v) is 9.67. The van der Waals surface area contributed by atoms with Gasteiger partial charge in [-0.25, -0.2) is 23.2 Å². The molecule has 9 nitrogen and oxygen atoms in total. The average molecular weight is 366 g/mol. The molecule has 1 aliphatic rings. The molecule has 2 aromatic heterocycles. The molecule has 1 fully saturated rings. The monoisotopic (exact) mass is 366 g/mol. The number of sulfonamides is 1. The van der Waals surface area contributed by atoms with Crippen LogP contribution in [0.15, 0.2) is 28.2 Å². The van der Waals surface area contributed by atoms with Crippen LogP contribution in [0.4, 0.5) is 5.82 Å². The summed E-state index contributed by atoms with van der Waals surface area (Å²) in [6.45, 7) is 2.79. The van der Waals surface area contributed by atoms with Crippen LogP contribution in [0.5, 0.6) is 0 Å². The van der Waals surface area contributed by atoms with E-state index in [0.717, 1.165) is 25.8 Å². The summed E-state index contributed by atoms with van der Waals surface area (Å²) in [5.41, 5.74) is -0.261. The van der Waals surface area contributed by atoms with Gasteiger partial charge in [0.15, 0.2) is 5.03 Å². The number of nitrogens with zero attached hydrogens (tertiary/aromatic N) is 4. The highest BCUT2D eigenvalue weighted by Gasteiger charge is 2.26. The Morgan fingerprint density at radius 1 is 1.36 bits per heavy atom. The van der Waals surface area contributed by atoms with Crippen molar-refractivity contribution in [1.82, 2.24) is 24.5 Å². The largest absolute Gasteiger partial charge is 0.351 e. The van der Waals surface area contributed by atoms with Crippen LogP contribution >= 0.6 is 0 Å². The van der Waals surface area contributed by atoms with Gasteiger partial charge in [-0.3, -0.25) is 4.79 Å². The maximum absolute atomic E-state index is 12.5. The normalized spacial score (nSPS) is 18.5. The summed E-state index contributed by atoms with van der Waals surface area (Å²) < 4.78 is 29.2. The molecule has 0 aliphatic carbocycles. The Labute approximate surface area is 146 Å². The van der Waals surface area contributed by atoms with Gasteiger partial charge in [0, 0.05) is 38.4 Å². The van der Waals surface area contributed by atoms with E-state index in [0.29, 0.717) is 11.6 Å². The highest BCUT2D eigenvalue weighted by molar-refractivity contribution is 7.89. The van der Waals surface area contributed by atoms with Gasteiger partial charge in [-0.1, -0.05) is 0 Å². The van der Waals surface area contributed by atoms with Crippen molar-refractivity contribution in [3.8, 4) is 0 Å². The predicted molar refractivity (Wildman–Crippen MR) is 93.0 cm³/mol. The molecule has 0 spiro atoms. The lowest BCUT2D eigenvalue weighted by Crippen LogP contribution is -2.47. The third kappa shape index (κ3) is 3.90. The van der Waals surface area contributed by atoms with Crippen LogP contribution in [0.25, 0.3) is 0 Å². The number of hydrogen-bond acceptors (Lipinski definition) is 6. The van der Waals surface area contributed by atoms with Crippen molar-refractivity contribution in [1.29, 1.82) is 0 Å². The van der Waals surface area contributed by atoms with E-state index in [9.17, 15) is 13.2 Å². The maximum atomic E-state index is 12.5. The van der Waals surface area contributed by atoms with Gasteiger partial charge in [-0.15, -0.1) is 0 Å². The number of H-pyrrole nitrogens is 1. The molecule has 3 heterocycles. The quantitative estimate of drug-likeness (QED) is 0.779. The van der Waals surface area contributed by atoms with Crippen LogP contribution in [0.3, 0.4) is 0 Å². The van der Waals surface area contributed by atoms with Gasteiger partial charge in [0.2, 0.25) is 0 Å². The number of anilines is 1. The molecule has 0 bridgehead atoms. The minimum absolute atomic E-state index is 0.0215. The molecule has 2 aromatic rings. The molecule has 1 aliphatic heterocycles. The molecule has 0 aromatic carbocycles. The summed E-state index contributed by atoms with van der Waals surface area (Å²) in [5, 5.41) is 6.52. The highest BCUT2D eigenvalue weighted by Crippen LogP contribution is 2.22. The minimum atomic E-state index is -3.66. The van der Waals surface area contributed by atoms with E-state index < -0.39 is 10.0 Å². The molecule has 136 valence electrons. The fourth-order valence-corrected chi connectivity index (χ4v) is 4.06. The highest BCUT2D eigenvalue weighted by atomic mass is 32.2. The molecule has 1 unspecified atom stereocenters. The van der Waals surface area contributed by atoms with Gasteiger partial charge in [0.05, 0.1) is 0 Å². The second kappa shape index (κ2) is 6.96. The van der Waals surface area contributed by atoms with E-state index in [2.05, 4.69) is 19.9 Å². The van der Waals surface area contributed by atoms with Crippen molar-refractivity contribution >= 4 is 15.8 Å². The Bertz CT molecular complexity index is 864. The van der Waals surface area contributed by atoms with Crippen LogP contribution in [0.2, 0.25) is 0 Å². The minimum Gasteiger partial charge on any atom is -0.351 e. The first-order valence-electron chi connectivity index (χ1n) is 8.19. The van der Waals surface area contributed by atoms with Gasteiger partial charge in [-0.05, 0) is 32.3 Å². The Kier molecular flexibility index (Phi) is 4.91. The first-order chi connectivity index (χ1) is 11.9. The lowest BCUT2D eigenvalue weighted by Gasteiger charge is -2.36. The summed E-state index contributed by atoms with van der Waals surface area (Å²) in [4.78, 5) is 17.3. The summed E-state index contributed by atoms with van der Waals surface area (Å²) in [7, 11) is -1.90. The summed E-state index contributed by atoms with van der Waals surface area (Å²) in [6, 6.07) is 3.06. The van der Waals surface area contributed by atoms with E-state index in [-0.39, 0.29) is 23.2 Å². The molecule has 1 saturated heterocycles. The second-order valence-corrected chi connectivity index (χ2v) is 7.93. The molecule has 0 amide bonds. The fraction of sp³-hybridized carbons (Fsp3) is 0.533. The van der Waals surface area contributed by atoms with E-state index in [4.69, 9.17) is 0 Å². The van der Waals surface area contributed by atoms with E-state index in [1.165, 1.54) is 12.3 Å². The zero-order valence-corrected chi connectivity index (χ0v) is 15.1. The molecule has 2 N–H and O–H groups in total. The van der Waals surface area contributed by atoms with Crippen molar-refractivity contribution < 1.29 is 8.42 Å². The zero-order chi connectivity index (χ0) is 18.0. The molecule has 25 heavy (non-hydrogen) atoms. The van der Waals surface area contributed by atoms with Gasteiger partial charge in [0.1, 0.15) is 11.6 Å². The summed E-state index contributed by atoms with van der Waals surface area (Å²) >= 11 is 0. The van der Waals surface area contributed by atoms with Crippen LogP contribution in [0.1, 0.15) is 25.1 Å². The number of piperidine rings is 1. The Balaban J connectivity index is 1.73. The standard InChI is InChI=1S/C15H22N6O3S/c1-11-17-15(10-20(11)2)25(23,24)16-9-12-5-3-4-8-21(12)13-6-7-14(22)19-18-13/h6-7,10,12,16H,3-5,8-9H2,1-2H3,(H,19,22). The molecule has 1 atom stereocenters. The average Bonchev–Trinajstić information content (AvgIpc) is 2.94. The molecule has 3 rings (SSSR count). The molecule has 0 saturated carbocycles. The molecule has 0 radical (unpaired) electrons. The van der Waals surface area contributed by atoms with Gasteiger partial charge in [-0.2, -0.15) is 5.10 Å². The SMILES string of the molecule is Cc1nc(S(=O)(=O)NCC2CCCCN2c2ccc(=O)[nH]n2)cn1C. The zero-order valence-electron chi connectivity index (χ0n) is 14.3. The topological polar surface area (TPSA) is 113 Å². The summed E-state index contributed by atoms with van der Waals surface area (Å²) in [6.07, 6.45) is 4.38. The van der Waals surface area contributed by atoms with Crippen LogP contribution in [0, 0.1) is 6.92 Å².